The second-order valence-corrected chi connectivity index (χ2v) is 7.03. The SMILES string of the molecule is O=C(Cn1c(-c2cscn2)nc2ccccc21)NNC(=O)c1cccs1. The van der Waals surface area contributed by atoms with Crippen LogP contribution in [0.5, 0.6) is 0 Å². The number of benzene rings is 1. The average Bonchev–Trinajstić information content (AvgIpc) is 3.40. The molecule has 0 bridgehead atoms. The minimum Gasteiger partial charge on any atom is -0.313 e. The van der Waals surface area contributed by atoms with Crippen LogP contribution >= 0.6 is 22.7 Å². The van der Waals surface area contributed by atoms with Gasteiger partial charge in [0.15, 0.2) is 5.82 Å². The van der Waals surface area contributed by atoms with Crippen molar-refractivity contribution in [2.24, 2.45) is 0 Å². The molecule has 4 aromatic rings. The summed E-state index contributed by atoms with van der Waals surface area (Å²) in [7, 11) is 0. The van der Waals surface area contributed by atoms with Gasteiger partial charge in [-0.1, -0.05) is 18.2 Å². The largest absolute Gasteiger partial charge is 0.313 e. The highest BCUT2D eigenvalue weighted by molar-refractivity contribution is 7.12. The van der Waals surface area contributed by atoms with Crippen molar-refractivity contribution in [3.05, 3.63) is 57.5 Å². The monoisotopic (exact) mass is 383 g/mol. The van der Waals surface area contributed by atoms with E-state index in [0.29, 0.717) is 16.4 Å². The van der Waals surface area contributed by atoms with Crippen molar-refractivity contribution in [1.82, 2.24) is 25.4 Å². The fraction of sp³-hybridized carbons (Fsp3) is 0.0588. The molecule has 0 saturated heterocycles. The van der Waals surface area contributed by atoms with E-state index in [9.17, 15) is 9.59 Å². The maximum atomic E-state index is 12.4. The van der Waals surface area contributed by atoms with Crippen molar-refractivity contribution in [1.29, 1.82) is 0 Å². The number of aromatic nitrogens is 3. The first-order valence-electron chi connectivity index (χ1n) is 7.69. The molecule has 26 heavy (non-hydrogen) atoms. The van der Waals surface area contributed by atoms with Crippen LogP contribution in [-0.4, -0.2) is 26.3 Å². The van der Waals surface area contributed by atoms with Gasteiger partial charge in [0, 0.05) is 5.38 Å². The summed E-state index contributed by atoms with van der Waals surface area (Å²) in [6.07, 6.45) is 0. The number of hydrogen-bond donors (Lipinski definition) is 2. The number of nitrogens with one attached hydrogen (secondary N) is 2. The van der Waals surface area contributed by atoms with Gasteiger partial charge >= 0.3 is 0 Å². The van der Waals surface area contributed by atoms with Gasteiger partial charge in [0.05, 0.1) is 21.4 Å². The molecular formula is C17H13N5O2S2. The van der Waals surface area contributed by atoms with Gasteiger partial charge in [-0.05, 0) is 23.6 Å². The van der Waals surface area contributed by atoms with Crippen molar-refractivity contribution in [3.63, 3.8) is 0 Å². The lowest BCUT2D eigenvalue weighted by molar-refractivity contribution is -0.122. The Balaban J connectivity index is 1.55. The van der Waals surface area contributed by atoms with Crippen LogP contribution in [0.15, 0.2) is 52.7 Å². The van der Waals surface area contributed by atoms with Crippen molar-refractivity contribution in [3.8, 4) is 11.5 Å². The van der Waals surface area contributed by atoms with Crippen molar-refractivity contribution in [2.75, 3.05) is 0 Å². The molecule has 4 rings (SSSR count). The summed E-state index contributed by atoms with van der Waals surface area (Å²) in [4.78, 5) is 33.7. The summed E-state index contributed by atoms with van der Waals surface area (Å²) >= 11 is 2.77. The predicted octanol–water partition coefficient (Wildman–Crippen LogP) is 2.68. The number of thiophene rings is 1. The zero-order chi connectivity index (χ0) is 17.9. The van der Waals surface area contributed by atoms with E-state index in [1.54, 1.807) is 27.6 Å². The molecule has 0 unspecified atom stereocenters. The predicted molar refractivity (Wildman–Crippen MR) is 101 cm³/mol. The molecule has 0 aliphatic carbocycles. The van der Waals surface area contributed by atoms with E-state index >= 15 is 0 Å². The second-order valence-electron chi connectivity index (χ2n) is 5.36. The summed E-state index contributed by atoms with van der Waals surface area (Å²) in [5.74, 6) is -0.0784. The Bertz CT molecular complexity index is 1050. The molecule has 0 spiro atoms. The van der Waals surface area contributed by atoms with Gasteiger partial charge < -0.3 is 4.57 Å². The van der Waals surface area contributed by atoms with E-state index in [1.807, 2.05) is 29.6 Å². The smallest absolute Gasteiger partial charge is 0.279 e. The molecule has 7 nitrogen and oxygen atoms in total. The van der Waals surface area contributed by atoms with Crippen LogP contribution in [-0.2, 0) is 11.3 Å². The number of hydrazine groups is 1. The maximum Gasteiger partial charge on any atom is 0.279 e. The molecule has 0 saturated carbocycles. The minimum absolute atomic E-state index is 0.0120. The van der Waals surface area contributed by atoms with Crippen LogP contribution < -0.4 is 10.9 Å². The molecule has 0 radical (unpaired) electrons. The number of nitrogens with zero attached hydrogens (tertiary/aromatic N) is 3. The molecule has 9 heteroatoms. The number of hydrogen-bond acceptors (Lipinski definition) is 6. The summed E-state index contributed by atoms with van der Waals surface area (Å²) in [6.45, 7) is 0.0120. The number of para-hydroxylation sites is 2. The number of amides is 2. The first kappa shape index (κ1) is 16.4. The normalized spacial score (nSPS) is 10.8. The Labute approximate surface area is 156 Å². The Morgan fingerprint density at radius 3 is 2.77 bits per heavy atom. The van der Waals surface area contributed by atoms with Crippen LogP contribution in [0.2, 0.25) is 0 Å². The highest BCUT2D eigenvalue weighted by atomic mass is 32.1. The zero-order valence-corrected chi connectivity index (χ0v) is 15.0. The van der Waals surface area contributed by atoms with Crippen molar-refractivity contribution in [2.45, 2.75) is 6.54 Å². The fourth-order valence-corrected chi connectivity index (χ4v) is 3.68. The molecule has 130 valence electrons. The number of imidazole rings is 1. The van der Waals surface area contributed by atoms with Gasteiger partial charge in [-0.3, -0.25) is 20.4 Å². The average molecular weight is 383 g/mol. The quantitative estimate of drug-likeness (QED) is 0.530. The standard InChI is InChI=1S/C17H13N5O2S2/c23-15(20-21-17(24)14-6-3-7-26-14)8-22-13-5-2-1-4-11(13)19-16(22)12-9-25-10-18-12/h1-7,9-10H,8H2,(H,20,23)(H,21,24). The van der Waals surface area contributed by atoms with Crippen LogP contribution in [0.1, 0.15) is 9.67 Å². The number of thiazole rings is 1. The highest BCUT2D eigenvalue weighted by Crippen LogP contribution is 2.24. The van der Waals surface area contributed by atoms with Crippen LogP contribution in [0, 0.1) is 0 Å². The lowest BCUT2D eigenvalue weighted by atomic mass is 10.3. The second kappa shape index (κ2) is 7.06. The number of carbonyl (C=O) groups excluding carboxylic acids is 2. The van der Waals surface area contributed by atoms with E-state index in [2.05, 4.69) is 20.8 Å². The molecule has 0 atom stereocenters. The van der Waals surface area contributed by atoms with E-state index in [0.717, 1.165) is 11.0 Å². The van der Waals surface area contributed by atoms with Gasteiger partial charge in [0.2, 0.25) is 0 Å². The molecule has 1 aromatic carbocycles. The fourth-order valence-electron chi connectivity index (χ4n) is 2.53. The van der Waals surface area contributed by atoms with E-state index in [-0.39, 0.29) is 18.4 Å². The third kappa shape index (κ3) is 3.22. The van der Waals surface area contributed by atoms with E-state index in [1.165, 1.54) is 22.7 Å². The number of rotatable bonds is 4. The molecule has 0 fully saturated rings. The van der Waals surface area contributed by atoms with E-state index < -0.39 is 0 Å². The topological polar surface area (TPSA) is 88.9 Å². The Morgan fingerprint density at radius 2 is 2.00 bits per heavy atom. The summed E-state index contributed by atoms with van der Waals surface area (Å²) in [5.41, 5.74) is 8.92. The minimum atomic E-state index is -0.352. The van der Waals surface area contributed by atoms with Gasteiger partial charge in [-0.25, -0.2) is 9.97 Å². The number of fused-ring (bicyclic) bond motifs is 1. The van der Waals surface area contributed by atoms with Crippen LogP contribution in [0.3, 0.4) is 0 Å². The maximum absolute atomic E-state index is 12.4. The molecule has 0 aliphatic heterocycles. The lowest BCUT2D eigenvalue weighted by Crippen LogP contribution is -2.42. The molecule has 3 heterocycles. The summed E-state index contributed by atoms with van der Waals surface area (Å²) in [5, 5.41) is 3.68. The van der Waals surface area contributed by atoms with Crippen LogP contribution in [0.4, 0.5) is 0 Å². The third-order valence-corrected chi connectivity index (χ3v) is 5.13. The molecule has 3 aromatic heterocycles. The Kier molecular flexibility index (Phi) is 4.46. The Morgan fingerprint density at radius 1 is 1.12 bits per heavy atom. The first-order chi connectivity index (χ1) is 12.7. The molecular weight excluding hydrogens is 370 g/mol. The summed E-state index contributed by atoms with van der Waals surface area (Å²) in [6, 6.07) is 11.0. The van der Waals surface area contributed by atoms with Crippen molar-refractivity contribution < 1.29 is 9.59 Å². The molecule has 2 amide bonds. The molecule has 0 aliphatic rings. The van der Waals surface area contributed by atoms with Gasteiger partial charge in [0.25, 0.3) is 11.8 Å². The lowest BCUT2D eigenvalue weighted by Gasteiger charge is -2.09. The zero-order valence-electron chi connectivity index (χ0n) is 13.4. The highest BCUT2D eigenvalue weighted by Gasteiger charge is 2.17. The Hall–Kier alpha value is -3.04. The van der Waals surface area contributed by atoms with Gasteiger partial charge in [-0.15, -0.1) is 22.7 Å². The van der Waals surface area contributed by atoms with Crippen LogP contribution in [0.25, 0.3) is 22.6 Å². The number of carbonyl (C=O) groups is 2. The third-order valence-electron chi connectivity index (χ3n) is 3.68. The van der Waals surface area contributed by atoms with Gasteiger partial charge in [0.1, 0.15) is 12.2 Å². The molecule has 2 N–H and O–H groups in total. The summed E-state index contributed by atoms with van der Waals surface area (Å²) < 4.78 is 1.79. The first-order valence-corrected chi connectivity index (χ1v) is 9.51. The van der Waals surface area contributed by atoms with E-state index in [4.69, 9.17) is 0 Å². The van der Waals surface area contributed by atoms with Crippen molar-refractivity contribution >= 4 is 45.5 Å². The van der Waals surface area contributed by atoms with Gasteiger partial charge in [-0.2, -0.15) is 0 Å².